The number of benzene rings is 3. The van der Waals surface area contributed by atoms with Crippen molar-refractivity contribution in [1.82, 2.24) is 20.2 Å². The van der Waals surface area contributed by atoms with E-state index in [1.807, 2.05) is 28.8 Å². The molecule has 3 aromatic carbocycles. The number of nitro groups is 1. The maximum absolute atomic E-state index is 12.4. The van der Waals surface area contributed by atoms with Crippen LogP contribution in [0.15, 0.2) is 89.6 Å². The Hall–Kier alpha value is -4.51. The van der Waals surface area contributed by atoms with E-state index in [2.05, 4.69) is 50.8 Å². The number of nitrogens with zero attached hydrogens (tertiary/aromatic N) is 5. The molecule has 4 rings (SSSR count). The van der Waals surface area contributed by atoms with Gasteiger partial charge in [0.15, 0.2) is 11.0 Å². The van der Waals surface area contributed by atoms with Crippen molar-refractivity contribution in [3.8, 4) is 0 Å². The van der Waals surface area contributed by atoms with Crippen LogP contribution in [0.4, 0.5) is 11.4 Å². The summed E-state index contributed by atoms with van der Waals surface area (Å²) in [6.45, 7) is 6.50. The molecule has 37 heavy (non-hydrogen) atoms. The second-order valence-electron chi connectivity index (χ2n) is 8.00. The van der Waals surface area contributed by atoms with Gasteiger partial charge in [0.05, 0.1) is 22.9 Å². The molecule has 11 heteroatoms. The highest BCUT2D eigenvalue weighted by molar-refractivity contribution is 7.99. The Kier molecular flexibility index (Phi) is 8.26. The predicted molar refractivity (Wildman–Crippen MR) is 146 cm³/mol. The third-order valence-corrected chi connectivity index (χ3v) is 6.48. The van der Waals surface area contributed by atoms with Crippen LogP contribution in [-0.2, 0) is 17.9 Å². The predicted octanol–water partition coefficient (Wildman–Crippen LogP) is 4.77. The Morgan fingerprint density at radius 3 is 2.65 bits per heavy atom. The van der Waals surface area contributed by atoms with Gasteiger partial charge in [-0.1, -0.05) is 54.2 Å². The van der Waals surface area contributed by atoms with Gasteiger partial charge in [-0.05, 0) is 36.1 Å². The summed E-state index contributed by atoms with van der Waals surface area (Å²) in [6, 6.07) is 20.2. The third-order valence-electron chi connectivity index (χ3n) is 5.51. The van der Waals surface area contributed by atoms with Crippen LogP contribution in [0.2, 0.25) is 0 Å². The lowest BCUT2D eigenvalue weighted by Crippen LogP contribution is -2.21. The van der Waals surface area contributed by atoms with Gasteiger partial charge in [0.1, 0.15) is 0 Å². The zero-order chi connectivity index (χ0) is 26.2. The average Bonchev–Trinajstić information content (AvgIpc) is 3.30. The zero-order valence-electron chi connectivity index (χ0n) is 20.1. The molecule has 1 aromatic heterocycles. The molecule has 188 valence electrons. The van der Waals surface area contributed by atoms with Crippen LogP contribution in [-0.4, -0.2) is 37.1 Å². The highest BCUT2D eigenvalue weighted by Crippen LogP contribution is 2.24. The molecule has 0 unspecified atom stereocenters. The van der Waals surface area contributed by atoms with E-state index in [0.717, 1.165) is 22.3 Å². The topological polar surface area (TPSA) is 127 Å². The minimum atomic E-state index is -0.467. The van der Waals surface area contributed by atoms with Crippen molar-refractivity contribution in [3.05, 3.63) is 101 Å². The fourth-order valence-electron chi connectivity index (χ4n) is 3.62. The summed E-state index contributed by atoms with van der Waals surface area (Å²) in [7, 11) is 0. The number of nitro benzene ring substituents is 1. The number of thioether (sulfide) groups is 1. The van der Waals surface area contributed by atoms with Crippen LogP contribution in [0.25, 0.3) is 10.8 Å². The second kappa shape index (κ2) is 12.0. The Balaban J connectivity index is 1.37. The number of fused-ring (bicyclic) bond motifs is 1. The van der Waals surface area contributed by atoms with E-state index in [-0.39, 0.29) is 17.3 Å². The maximum Gasteiger partial charge on any atom is 0.269 e. The number of allylic oxidation sites excluding steroid dienone is 1. The van der Waals surface area contributed by atoms with Crippen molar-refractivity contribution in [2.75, 3.05) is 11.1 Å². The monoisotopic (exact) mass is 515 g/mol. The minimum absolute atomic E-state index is 0.00712. The molecule has 1 heterocycles. The van der Waals surface area contributed by atoms with Crippen molar-refractivity contribution in [1.29, 1.82) is 0 Å². The summed E-state index contributed by atoms with van der Waals surface area (Å²) in [6.07, 6.45) is 1.76. The fourth-order valence-corrected chi connectivity index (χ4v) is 4.38. The average molecular weight is 516 g/mol. The molecule has 0 spiro atoms. The molecule has 0 saturated carbocycles. The van der Waals surface area contributed by atoms with Gasteiger partial charge < -0.3 is 9.88 Å². The number of amides is 1. The number of hydrogen-bond donors (Lipinski definition) is 2. The Bertz CT molecular complexity index is 1460. The normalized spacial score (nSPS) is 11.3. The first-order valence-electron chi connectivity index (χ1n) is 11.4. The number of carbonyl (C=O) groups is 1. The summed E-state index contributed by atoms with van der Waals surface area (Å²) in [5, 5.41) is 29.8. The van der Waals surface area contributed by atoms with Crippen LogP contribution in [0.3, 0.4) is 0 Å². The molecule has 4 aromatic rings. The van der Waals surface area contributed by atoms with Crippen molar-refractivity contribution in [3.63, 3.8) is 0 Å². The third kappa shape index (κ3) is 6.39. The smallest absolute Gasteiger partial charge is 0.269 e. The molecule has 0 fully saturated rings. The van der Waals surface area contributed by atoms with Gasteiger partial charge in [0, 0.05) is 29.8 Å². The summed E-state index contributed by atoms with van der Waals surface area (Å²) in [5.74, 6) is 0.501. The molecular weight excluding hydrogens is 490 g/mol. The fraction of sp³-hybridized carbons (Fsp3) is 0.154. The first-order chi connectivity index (χ1) is 18.0. The van der Waals surface area contributed by atoms with E-state index in [9.17, 15) is 14.9 Å². The molecule has 0 aliphatic carbocycles. The number of aromatic nitrogens is 3. The summed E-state index contributed by atoms with van der Waals surface area (Å²) in [4.78, 5) is 22.7. The molecule has 0 atom stereocenters. The number of hydrazone groups is 1. The number of hydrogen-bond acceptors (Lipinski definition) is 8. The first kappa shape index (κ1) is 25.6. The lowest BCUT2D eigenvalue weighted by Gasteiger charge is -2.11. The van der Waals surface area contributed by atoms with Gasteiger partial charge in [0.2, 0.25) is 0 Å². The van der Waals surface area contributed by atoms with E-state index in [1.54, 1.807) is 25.1 Å². The highest BCUT2D eigenvalue weighted by atomic mass is 32.2. The lowest BCUT2D eigenvalue weighted by atomic mass is 10.1. The molecule has 0 radical (unpaired) electrons. The van der Waals surface area contributed by atoms with E-state index < -0.39 is 4.92 Å². The second-order valence-corrected chi connectivity index (χ2v) is 8.95. The van der Waals surface area contributed by atoms with Gasteiger partial charge in [0.25, 0.3) is 11.6 Å². The first-order valence-corrected chi connectivity index (χ1v) is 12.4. The summed E-state index contributed by atoms with van der Waals surface area (Å²) in [5.41, 5.74) is 4.71. The number of nitrogens with one attached hydrogen (secondary N) is 2. The lowest BCUT2D eigenvalue weighted by molar-refractivity contribution is -0.384. The number of non-ortho nitro benzene ring substituents is 1. The largest absolute Gasteiger partial charge is 0.377 e. The number of carbonyl (C=O) groups excluding carboxylic acids is 1. The number of anilines is 1. The summed E-state index contributed by atoms with van der Waals surface area (Å²) < 4.78 is 1.91. The summed E-state index contributed by atoms with van der Waals surface area (Å²) >= 11 is 1.25. The Labute approximate surface area is 217 Å². The van der Waals surface area contributed by atoms with E-state index in [0.29, 0.717) is 29.5 Å². The molecule has 0 bridgehead atoms. The van der Waals surface area contributed by atoms with Gasteiger partial charge in [-0.25, -0.2) is 5.43 Å². The zero-order valence-corrected chi connectivity index (χ0v) is 20.9. The molecule has 1 amide bonds. The standard InChI is InChI=1S/C26H25N7O3S/c1-3-15-32-24(16-27-23-10-6-8-20-7-4-5-9-22(20)23)29-31-26(32)37-17-25(34)30-28-18(2)19-11-13-21(14-12-19)33(35)36/h3-14,27H,1,15-17H2,2H3,(H,30,34)/b28-18-. The van der Waals surface area contributed by atoms with Gasteiger partial charge in [-0.15, -0.1) is 16.8 Å². The number of rotatable bonds is 11. The maximum atomic E-state index is 12.4. The minimum Gasteiger partial charge on any atom is -0.377 e. The van der Waals surface area contributed by atoms with Crippen molar-refractivity contribution in [2.24, 2.45) is 5.10 Å². The highest BCUT2D eigenvalue weighted by Gasteiger charge is 2.14. The van der Waals surface area contributed by atoms with Gasteiger partial charge in [-0.2, -0.15) is 5.10 Å². The van der Waals surface area contributed by atoms with E-state index in [4.69, 9.17) is 0 Å². The Morgan fingerprint density at radius 1 is 1.14 bits per heavy atom. The molecular formula is C26H25N7O3S. The van der Waals surface area contributed by atoms with Crippen LogP contribution < -0.4 is 10.7 Å². The van der Waals surface area contributed by atoms with Crippen molar-refractivity contribution in [2.45, 2.75) is 25.2 Å². The van der Waals surface area contributed by atoms with Crippen molar-refractivity contribution >= 4 is 45.5 Å². The van der Waals surface area contributed by atoms with Crippen molar-refractivity contribution < 1.29 is 9.72 Å². The Morgan fingerprint density at radius 2 is 1.89 bits per heavy atom. The SMILES string of the molecule is C=CCn1c(CNc2cccc3ccccc23)nnc1SCC(=O)N/N=C(/C)c1ccc([N+](=O)[O-])cc1. The van der Waals surface area contributed by atoms with Gasteiger partial charge in [-0.3, -0.25) is 14.9 Å². The molecule has 2 N–H and O–H groups in total. The van der Waals surface area contributed by atoms with E-state index in [1.165, 1.54) is 23.9 Å². The molecule has 10 nitrogen and oxygen atoms in total. The van der Waals surface area contributed by atoms with Crippen LogP contribution in [0, 0.1) is 10.1 Å². The quantitative estimate of drug-likeness (QED) is 0.0968. The van der Waals surface area contributed by atoms with Crippen LogP contribution in [0.5, 0.6) is 0 Å². The molecule has 0 aliphatic rings. The molecule has 0 aliphatic heterocycles. The van der Waals surface area contributed by atoms with Crippen LogP contribution in [0.1, 0.15) is 18.3 Å². The van der Waals surface area contributed by atoms with Gasteiger partial charge >= 0.3 is 0 Å². The van der Waals surface area contributed by atoms with Crippen LogP contribution >= 0.6 is 11.8 Å². The molecule has 0 saturated heterocycles. The van der Waals surface area contributed by atoms with E-state index >= 15 is 0 Å².